The molecule has 5 heteroatoms. The molecule has 1 N–H and O–H groups in total. The van der Waals surface area contributed by atoms with Crippen LogP contribution in [0, 0.1) is 0 Å². The standard InChI is InChI=1S/C10H14N4O/c1-15-8-4-6-11-10-12-9-5-2-3-7-14(9)13-10/h2-3,5,7H,4,6,8H2,1H3,(H,11,13). The van der Waals surface area contributed by atoms with Gasteiger partial charge in [-0.05, 0) is 18.6 Å². The maximum atomic E-state index is 4.95. The summed E-state index contributed by atoms with van der Waals surface area (Å²) in [7, 11) is 1.70. The fourth-order valence-electron chi connectivity index (χ4n) is 1.32. The van der Waals surface area contributed by atoms with Crippen molar-refractivity contribution in [3.63, 3.8) is 0 Å². The predicted octanol–water partition coefficient (Wildman–Crippen LogP) is 1.18. The summed E-state index contributed by atoms with van der Waals surface area (Å²) in [5, 5.41) is 7.41. The molecular weight excluding hydrogens is 192 g/mol. The number of hydrogen-bond donors (Lipinski definition) is 1. The van der Waals surface area contributed by atoms with Crippen LogP contribution in [-0.2, 0) is 4.74 Å². The molecule has 0 aliphatic carbocycles. The predicted molar refractivity (Wildman–Crippen MR) is 58.0 cm³/mol. The number of rotatable bonds is 5. The van der Waals surface area contributed by atoms with Gasteiger partial charge in [0.25, 0.3) is 0 Å². The van der Waals surface area contributed by atoms with E-state index in [4.69, 9.17) is 4.74 Å². The molecule has 0 amide bonds. The van der Waals surface area contributed by atoms with Crippen LogP contribution in [0.5, 0.6) is 0 Å². The summed E-state index contributed by atoms with van der Waals surface area (Å²) < 4.78 is 6.70. The second kappa shape index (κ2) is 4.75. The highest BCUT2D eigenvalue weighted by Crippen LogP contribution is 2.03. The van der Waals surface area contributed by atoms with Crippen molar-refractivity contribution in [2.45, 2.75) is 6.42 Å². The first kappa shape index (κ1) is 9.92. The molecule has 0 radical (unpaired) electrons. The number of nitrogens with one attached hydrogen (secondary N) is 1. The lowest BCUT2D eigenvalue weighted by molar-refractivity contribution is 0.197. The van der Waals surface area contributed by atoms with Gasteiger partial charge < -0.3 is 10.1 Å². The third-order valence-electron chi connectivity index (χ3n) is 2.05. The Bertz CT molecular complexity index is 393. The molecule has 80 valence electrons. The highest BCUT2D eigenvalue weighted by Gasteiger charge is 2.00. The van der Waals surface area contributed by atoms with Crippen molar-refractivity contribution in [3.8, 4) is 0 Å². The highest BCUT2D eigenvalue weighted by molar-refractivity contribution is 5.42. The van der Waals surface area contributed by atoms with Gasteiger partial charge in [-0.15, -0.1) is 5.10 Å². The molecule has 0 saturated heterocycles. The van der Waals surface area contributed by atoms with Crippen LogP contribution in [0.3, 0.4) is 0 Å². The summed E-state index contributed by atoms with van der Waals surface area (Å²) in [6, 6.07) is 5.79. The molecule has 2 aromatic rings. The molecule has 0 aliphatic heterocycles. The smallest absolute Gasteiger partial charge is 0.243 e. The average Bonchev–Trinajstić information content (AvgIpc) is 2.67. The third kappa shape index (κ3) is 2.44. The van der Waals surface area contributed by atoms with Crippen molar-refractivity contribution in [2.75, 3.05) is 25.6 Å². The zero-order chi connectivity index (χ0) is 10.5. The van der Waals surface area contributed by atoms with Gasteiger partial charge in [0, 0.05) is 26.5 Å². The normalized spacial score (nSPS) is 10.7. The minimum atomic E-state index is 0.664. The van der Waals surface area contributed by atoms with Gasteiger partial charge in [0.1, 0.15) is 0 Å². The van der Waals surface area contributed by atoms with Crippen LogP contribution >= 0.6 is 0 Å². The number of hydrogen-bond acceptors (Lipinski definition) is 4. The molecule has 0 saturated carbocycles. The van der Waals surface area contributed by atoms with Crippen LogP contribution < -0.4 is 5.32 Å². The fourth-order valence-corrected chi connectivity index (χ4v) is 1.32. The van der Waals surface area contributed by atoms with E-state index in [0.29, 0.717) is 5.95 Å². The zero-order valence-electron chi connectivity index (χ0n) is 8.68. The minimum Gasteiger partial charge on any atom is -0.385 e. The fraction of sp³-hybridized carbons (Fsp3) is 0.400. The van der Waals surface area contributed by atoms with E-state index in [2.05, 4.69) is 15.4 Å². The maximum Gasteiger partial charge on any atom is 0.243 e. The molecular formula is C10H14N4O. The monoisotopic (exact) mass is 206 g/mol. The second-order valence-electron chi connectivity index (χ2n) is 3.21. The molecule has 5 nitrogen and oxygen atoms in total. The first-order chi connectivity index (χ1) is 7.40. The van der Waals surface area contributed by atoms with Crippen molar-refractivity contribution in [1.82, 2.24) is 14.6 Å². The van der Waals surface area contributed by atoms with Gasteiger partial charge in [-0.2, -0.15) is 4.98 Å². The number of pyridine rings is 1. The number of ether oxygens (including phenoxy) is 1. The van der Waals surface area contributed by atoms with Crippen molar-refractivity contribution in [3.05, 3.63) is 24.4 Å². The van der Waals surface area contributed by atoms with Crippen molar-refractivity contribution < 1.29 is 4.74 Å². The first-order valence-corrected chi connectivity index (χ1v) is 4.94. The van der Waals surface area contributed by atoms with Gasteiger partial charge in [-0.1, -0.05) is 6.07 Å². The molecule has 0 spiro atoms. The summed E-state index contributed by atoms with van der Waals surface area (Å²) in [6.45, 7) is 1.57. The molecule has 0 aliphatic rings. The SMILES string of the molecule is COCCCNc1nc2ccccn2n1. The van der Waals surface area contributed by atoms with Crippen LogP contribution in [0.2, 0.25) is 0 Å². The average molecular weight is 206 g/mol. The summed E-state index contributed by atoms with van der Waals surface area (Å²) in [5.74, 6) is 0.664. The van der Waals surface area contributed by atoms with E-state index in [9.17, 15) is 0 Å². The number of nitrogens with zero attached hydrogens (tertiary/aromatic N) is 3. The first-order valence-electron chi connectivity index (χ1n) is 4.94. The molecule has 0 fully saturated rings. The summed E-state index contributed by atoms with van der Waals surface area (Å²) in [5.41, 5.74) is 0.853. The Morgan fingerprint density at radius 1 is 1.47 bits per heavy atom. The molecule has 0 aromatic carbocycles. The number of anilines is 1. The third-order valence-corrected chi connectivity index (χ3v) is 2.05. The van der Waals surface area contributed by atoms with E-state index in [1.807, 2.05) is 24.4 Å². The quantitative estimate of drug-likeness (QED) is 0.746. The van der Waals surface area contributed by atoms with Gasteiger partial charge in [-0.3, -0.25) is 0 Å². The summed E-state index contributed by atoms with van der Waals surface area (Å²) in [4.78, 5) is 4.31. The highest BCUT2D eigenvalue weighted by atomic mass is 16.5. The van der Waals surface area contributed by atoms with Gasteiger partial charge in [0.15, 0.2) is 5.65 Å². The van der Waals surface area contributed by atoms with E-state index in [0.717, 1.165) is 25.2 Å². The molecule has 0 atom stereocenters. The lowest BCUT2D eigenvalue weighted by atomic mass is 10.4. The van der Waals surface area contributed by atoms with Gasteiger partial charge in [0.2, 0.25) is 5.95 Å². The van der Waals surface area contributed by atoms with E-state index < -0.39 is 0 Å². The van der Waals surface area contributed by atoms with Crippen LogP contribution in [0.15, 0.2) is 24.4 Å². The zero-order valence-corrected chi connectivity index (χ0v) is 8.68. The van der Waals surface area contributed by atoms with Gasteiger partial charge in [-0.25, -0.2) is 4.52 Å². The number of methoxy groups -OCH3 is 1. The lowest BCUT2D eigenvalue weighted by Gasteiger charge is -1.99. The van der Waals surface area contributed by atoms with E-state index in [1.54, 1.807) is 11.6 Å². The maximum absolute atomic E-state index is 4.95. The Morgan fingerprint density at radius 2 is 2.40 bits per heavy atom. The van der Waals surface area contributed by atoms with Crippen LogP contribution in [-0.4, -0.2) is 34.9 Å². The molecule has 2 heterocycles. The van der Waals surface area contributed by atoms with Crippen molar-refractivity contribution in [1.29, 1.82) is 0 Å². The van der Waals surface area contributed by atoms with E-state index in [1.165, 1.54) is 0 Å². The number of aromatic nitrogens is 3. The lowest BCUT2D eigenvalue weighted by Crippen LogP contribution is -2.05. The van der Waals surface area contributed by atoms with Crippen LogP contribution in [0.1, 0.15) is 6.42 Å². The molecule has 0 bridgehead atoms. The van der Waals surface area contributed by atoms with Crippen molar-refractivity contribution in [2.24, 2.45) is 0 Å². The molecule has 0 unspecified atom stereocenters. The summed E-state index contributed by atoms with van der Waals surface area (Å²) in [6.07, 6.45) is 2.83. The van der Waals surface area contributed by atoms with Gasteiger partial charge >= 0.3 is 0 Å². The largest absolute Gasteiger partial charge is 0.385 e. The number of fused-ring (bicyclic) bond motifs is 1. The van der Waals surface area contributed by atoms with Gasteiger partial charge in [0.05, 0.1) is 0 Å². The Labute approximate surface area is 88.1 Å². The second-order valence-corrected chi connectivity index (χ2v) is 3.21. The molecule has 2 aromatic heterocycles. The topological polar surface area (TPSA) is 51.5 Å². The summed E-state index contributed by atoms with van der Waals surface area (Å²) >= 11 is 0. The Balaban J connectivity index is 1.97. The Kier molecular flexibility index (Phi) is 3.14. The molecule has 15 heavy (non-hydrogen) atoms. The molecule has 2 rings (SSSR count). The van der Waals surface area contributed by atoms with Crippen molar-refractivity contribution >= 4 is 11.6 Å². The van der Waals surface area contributed by atoms with Crippen LogP contribution in [0.25, 0.3) is 5.65 Å². The van der Waals surface area contributed by atoms with E-state index in [-0.39, 0.29) is 0 Å². The Hall–Kier alpha value is -1.62. The minimum absolute atomic E-state index is 0.664. The Morgan fingerprint density at radius 3 is 3.20 bits per heavy atom. The van der Waals surface area contributed by atoms with E-state index >= 15 is 0 Å². The van der Waals surface area contributed by atoms with Crippen LogP contribution in [0.4, 0.5) is 5.95 Å².